The van der Waals surface area contributed by atoms with Crippen molar-refractivity contribution in [3.8, 4) is 0 Å². The fourth-order valence-electron chi connectivity index (χ4n) is 2.26. The fraction of sp³-hybridized carbons (Fsp3) is 0.462. The zero-order valence-electron chi connectivity index (χ0n) is 10.7. The first-order chi connectivity index (χ1) is 8.97. The van der Waals surface area contributed by atoms with Crippen LogP contribution in [0.3, 0.4) is 0 Å². The van der Waals surface area contributed by atoms with E-state index in [0.717, 1.165) is 25.6 Å². The number of nitrogen functional groups attached to an aromatic ring is 1. The van der Waals surface area contributed by atoms with E-state index in [1.54, 1.807) is 0 Å². The summed E-state index contributed by atoms with van der Waals surface area (Å²) >= 11 is 0. The second kappa shape index (κ2) is 5.52. The third-order valence-electron chi connectivity index (χ3n) is 3.37. The van der Waals surface area contributed by atoms with E-state index in [9.17, 15) is 13.6 Å². The summed E-state index contributed by atoms with van der Waals surface area (Å²) in [5.74, 6) is -1.94. The van der Waals surface area contributed by atoms with Crippen LogP contribution in [0.5, 0.6) is 0 Å². The maximum absolute atomic E-state index is 13.5. The number of hydrogen-bond donors (Lipinski definition) is 2. The van der Waals surface area contributed by atoms with Crippen LogP contribution in [0.2, 0.25) is 0 Å². The van der Waals surface area contributed by atoms with E-state index in [-0.39, 0.29) is 11.3 Å². The minimum Gasteiger partial charge on any atom is -0.396 e. The molecule has 1 aliphatic heterocycles. The number of hydrogen-bond acceptors (Lipinski definition) is 3. The van der Waals surface area contributed by atoms with Crippen molar-refractivity contribution in [1.29, 1.82) is 0 Å². The first-order valence-electron chi connectivity index (χ1n) is 6.18. The van der Waals surface area contributed by atoms with E-state index in [4.69, 9.17) is 5.73 Å². The summed E-state index contributed by atoms with van der Waals surface area (Å²) in [5.41, 5.74) is 4.89. The number of amides is 1. The number of nitrogens with one attached hydrogen (secondary N) is 1. The zero-order valence-corrected chi connectivity index (χ0v) is 10.7. The molecule has 1 aromatic rings. The number of halogens is 2. The van der Waals surface area contributed by atoms with Crippen LogP contribution in [0.25, 0.3) is 0 Å². The number of likely N-dealkylation sites (tertiary alicyclic amines) is 1. The van der Waals surface area contributed by atoms with Gasteiger partial charge in [0.1, 0.15) is 11.6 Å². The van der Waals surface area contributed by atoms with Gasteiger partial charge in [-0.05, 0) is 32.0 Å². The number of rotatable bonds is 3. The van der Waals surface area contributed by atoms with Gasteiger partial charge in [0.15, 0.2) is 0 Å². The summed E-state index contributed by atoms with van der Waals surface area (Å²) in [7, 11) is 2.02. The SMILES string of the molecule is CN1CCC(CNC(=O)c2cc(N)c(F)cc2F)C1. The predicted molar refractivity (Wildman–Crippen MR) is 68.7 cm³/mol. The lowest BCUT2D eigenvalue weighted by atomic mass is 10.1. The van der Waals surface area contributed by atoms with E-state index in [0.29, 0.717) is 18.5 Å². The molecule has 1 unspecified atom stereocenters. The van der Waals surface area contributed by atoms with Crippen molar-refractivity contribution < 1.29 is 13.6 Å². The van der Waals surface area contributed by atoms with E-state index in [2.05, 4.69) is 10.2 Å². The van der Waals surface area contributed by atoms with Crippen LogP contribution in [-0.4, -0.2) is 37.5 Å². The van der Waals surface area contributed by atoms with Crippen molar-refractivity contribution in [2.24, 2.45) is 5.92 Å². The van der Waals surface area contributed by atoms with Gasteiger partial charge in [-0.3, -0.25) is 4.79 Å². The molecule has 0 aromatic heterocycles. The van der Waals surface area contributed by atoms with Gasteiger partial charge in [-0.2, -0.15) is 0 Å². The number of nitrogens with two attached hydrogens (primary N) is 1. The van der Waals surface area contributed by atoms with Gasteiger partial charge in [0.05, 0.1) is 11.3 Å². The minimum atomic E-state index is -0.896. The Hall–Kier alpha value is -1.69. The van der Waals surface area contributed by atoms with Gasteiger partial charge in [-0.15, -0.1) is 0 Å². The molecule has 1 aliphatic rings. The van der Waals surface area contributed by atoms with Crippen LogP contribution in [0.15, 0.2) is 12.1 Å². The largest absolute Gasteiger partial charge is 0.396 e. The summed E-state index contributed by atoms with van der Waals surface area (Å²) in [6, 6.07) is 1.66. The van der Waals surface area contributed by atoms with Crippen molar-refractivity contribution >= 4 is 11.6 Å². The number of carbonyl (C=O) groups excluding carboxylic acids is 1. The lowest BCUT2D eigenvalue weighted by Crippen LogP contribution is -2.31. The molecular weight excluding hydrogens is 252 g/mol. The van der Waals surface area contributed by atoms with Crippen LogP contribution in [0, 0.1) is 17.6 Å². The minimum absolute atomic E-state index is 0.217. The van der Waals surface area contributed by atoms with Crippen molar-refractivity contribution in [1.82, 2.24) is 10.2 Å². The quantitative estimate of drug-likeness (QED) is 0.811. The van der Waals surface area contributed by atoms with Crippen LogP contribution < -0.4 is 11.1 Å². The van der Waals surface area contributed by atoms with Crippen LogP contribution in [0.1, 0.15) is 16.8 Å². The molecule has 1 aromatic carbocycles. The molecule has 0 spiro atoms. The molecule has 19 heavy (non-hydrogen) atoms. The number of carbonyl (C=O) groups is 1. The molecule has 1 heterocycles. The molecule has 6 heteroatoms. The molecule has 0 radical (unpaired) electrons. The Labute approximate surface area is 110 Å². The summed E-state index contributed by atoms with van der Waals surface area (Å²) in [4.78, 5) is 14.0. The van der Waals surface area contributed by atoms with Crippen molar-refractivity contribution in [2.45, 2.75) is 6.42 Å². The molecule has 1 amide bonds. The highest BCUT2D eigenvalue weighted by Gasteiger charge is 2.21. The molecule has 1 saturated heterocycles. The van der Waals surface area contributed by atoms with Crippen molar-refractivity contribution in [3.63, 3.8) is 0 Å². The van der Waals surface area contributed by atoms with E-state index >= 15 is 0 Å². The average Bonchev–Trinajstić information content (AvgIpc) is 2.77. The van der Waals surface area contributed by atoms with Gasteiger partial charge in [-0.1, -0.05) is 0 Å². The molecule has 104 valence electrons. The Bertz CT molecular complexity index is 493. The third-order valence-corrected chi connectivity index (χ3v) is 3.37. The van der Waals surface area contributed by atoms with Crippen molar-refractivity contribution in [2.75, 3.05) is 32.4 Å². The van der Waals surface area contributed by atoms with E-state index in [1.165, 1.54) is 0 Å². The van der Waals surface area contributed by atoms with E-state index in [1.807, 2.05) is 7.05 Å². The highest BCUT2D eigenvalue weighted by atomic mass is 19.1. The zero-order chi connectivity index (χ0) is 14.0. The Morgan fingerprint density at radius 3 is 2.84 bits per heavy atom. The van der Waals surface area contributed by atoms with Crippen LogP contribution in [-0.2, 0) is 0 Å². The standard InChI is InChI=1S/C13H17F2N3O/c1-18-3-2-8(7-18)6-17-13(19)9-4-12(16)11(15)5-10(9)14/h4-5,8H,2-3,6-7,16H2,1H3,(H,17,19). The summed E-state index contributed by atoms with van der Waals surface area (Å²) in [5, 5.41) is 2.67. The molecule has 0 bridgehead atoms. The topological polar surface area (TPSA) is 58.4 Å². The maximum Gasteiger partial charge on any atom is 0.254 e. The number of benzene rings is 1. The molecule has 1 fully saturated rings. The van der Waals surface area contributed by atoms with Gasteiger partial charge in [-0.25, -0.2) is 8.78 Å². The average molecular weight is 269 g/mol. The van der Waals surface area contributed by atoms with Gasteiger partial charge in [0.2, 0.25) is 0 Å². The molecule has 0 aliphatic carbocycles. The normalized spacial score (nSPS) is 19.6. The third kappa shape index (κ3) is 3.20. The highest BCUT2D eigenvalue weighted by molar-refractivity contribution is 5.95. The fourth-order valence-corrected chi connectivity index (χ4v) is 2.26. The summed E-state index contributed by atoms with van der Waals surface area (Å²) in [6.07, 6.45) is 1.00. The molecule has 0 saturated carbocycles. The summed E-state index contributed by atoms with van der Waals surface area (Å²) < 4.78 is 26.5. The van der Waals surface area contributed by atoms with Gasteiger partial charge in [0.25, 0.3) is 5.91 Å². The summed E-state index contributed by atoms with van der Waals surface area (Å²) in [6.45, 7) is 2.40. The monoisotopic (exact) mass is 269 g/mol. The van der Waals surface area contributed by atoms with Crippen LogP contribution in [0.4, 0.5) is 14.5 Å². The van der Waals surface area contributed by atoms with Gasteiger partial charge < -0.3 is 16.0 Å². The van der Waals surface area contributed by atoms with Gasteiger partial charge >= 0.3 is 0 Å². The Balaban J connectivity index is 1.98. The Kier molecular flexibility index (Phi) is 3.99. The second-order valence-corrected chi connectivity index (χ2v) is 4.98. The molecule has 1 atom stereocenters. The second-order valence-electron chi connectivity index (χ2n) is 4.98. The molecular formula is C13H17F2N3O. The molecule has 2 rings (SSSR count). The van der Waals surface area contributed by atoms with Gasteiger partial charge in [0, 0.05) is 19.2 Å². The Morgan fingerprint density at radius 2 is 2.21 bits per heavy atom. The van der Waals surface area contributed by atoms with E-state index < -0.39 is 17.5 Å². The van der Waals surface area contributed by atoms with Crippen LogP contribution >= 0.6 is 0 Å². The first kappa shape index (κ1) is 13.7. The highest BCUT2D eigenvalue weighted by Crippen LogP contribution is 2.17. The first-order valence-corrected chi connectivity index (χ1v) is 6.18. The molecule has 3 N–H and O–H groups in total. The number of nitrogens with zero attached hydrogens (tertiary/aromatic N) is 1. The maximum atomic E-state index is 13.5. The Morgan fingerprint density at radius 1 is 1.47 bits per heavy atom. The molecule has 4 nitrogen and oxygen atoms in total. The van der Waals surface area contributed by atoms with Crippen molar-refractivity contribution in [3.05, 3.63) is 29.3 Å². The predicted octanol–water partition coefficient (Wildman–Crippen LogP) is 1.23. The lowest BCUT2D eigenvalue weighted by Gasteiger charge is -2.12. The smallest absolute Gasteiger partial charge is 0.254 e. The number of anilines is 1. The lowest BCUT2D eigenvalue weighted by molar-refractivity contribution is 0.0943.